The lowest BCUT2D eigenvalue weighted by atomic mass is 10.2. The minimum Gasteiger partial charge on any atom is -0.368 e. The Labute approximate surface area is 121 Å². The molecule has 0 aliphatic rings. The van der Waals surface area contributed by atoms with E-state index in [0.717, 1.165) is 0 Å². The van der Waals surface area contributed by atoms with Crippen LogP contribution in [0, 0.1) is 17.1 Å². The van der Waals surface area contributed by atoms with Gasteiger partial charge in [-0.05, 0) is 37.3 Å². The van der Waals surface area contributed by atoms with Crippen LogP contribution in [0.2, 0.25) is 0 Å². The van der Waals surface area contributed by atoms with Gasteiger partial charge >= 0.3 is 0 Å². The van der Waals surface area contributed by atoms with Crippen LogP contribution < -0.4 is 10.6 Å². The average Bonchev–Trinajstić information content (AvgIpc) is 2.50. The smallest absolute Gasteiger partial charge is 0.258 e. The highest BCUT2D eigenvalue weighted by atomic mass is 19.1. The largest absolute Gasteiger partial charge is 0.368 e. The molecule has 21 heavy (non-hydrogen) atoms. The van der Waals surface area contributed by atoms with Crippen molar-refractivity contribution in [1.82, 2.24) is 4.98 Å². The van der Waals surface area contributed by atoms with E-state index in [0.29, 0.717) is 17.8 Å². The SMILES string of the molecule is CCNc1nccc(C(=O)Nc2ccc(C#N)cc2)c1F. The molecule has 1 amide bonds. The molecule has 0 fully saturated rings. The maximum absolute atomic E-state index is 14.1. The van der Waals surface area contributed by atoms with Gasteiger partial charge in [-0.2, -0.15) is 5.26 Å². The van der Waals surface area contributed by atoms with Gasteiger partial charge in [-0.15, -0.1) is 0 Å². The summed E-state index contributed by atoms with van der Waals surface area (Å²) in [4.78, 5) is 15.9. The summed E-state index contributed by atoms with van der Waals surface area (Å²) in [7, 11) is 0. The average molecular weight is 284 g/mol. The molecule has 0 aliphatic heterocycles. The molecule has 0 saturated carbocycles. The van der Waals surface area contributed by atoms with E-state index in [-0.39, 0.29) is 11.4 Å². The van der Waals surface area contributed by atoms with E-state index in [1.54, 1.807) is 24.3 Å². The summed E-state index contributed by atoms with van der Waals surface area (Å²) in [5.74, 6) is -1.21. The lowest BCUT2D eigenvalue weighted by molar-refractivity contribution is 0.102. The molecule has 0 atom stereocenters. The third-order valence-corrected chi connectivity index (χ3v) is 2.75. The van der Waals surface area contributed by atoms with Crippen molar-refractivity contribution in [1.29, 1.82) is 5.26 Å². The second-order valence-electron chi connectivity index (χ2n) is 4.19. The zero-order chi connectivity index (χ0) is 15.2. The minimum absolute atomic E-state index is 0.0463. The molecule has 2 aromatic rings. The Hall–Kier alpha value is -2.94. The fourth-order valence-electron chi connectivity index (χ4n) is 1.74. The molecule has 0 unspecified atom stereocenters. The number of hydrogen-bond acceptors (Lipinski definition) is 4. The number of rotatable bonds is 4. The van der Waals surface area contributed by atoms with Gasteiger partial charge in [-0.3, -0.25) is 4.79 Å². The van der Waals surface area contributed by atoms with Gasteiger partial charge in [-0.1, -0.05) is 0 Å². The van der Waals surface area contributed by atoms with E-state index in [9.17, 15) is 9.18 Å². The maximum atomic E-state index is 14.1. The summed E-state index contributed by atoms with van der Waals surface area (Å²) in [6.07, 6.45) is 1.37. The van der Waals surface area contributed by atoms with E-state index in [4.69, 9.17) is 5.26 Å². The van der Waals surface area contributed by atoms with Gasteiger partial charge in [-0.25, -0.2) is 9.37 Å². The van der Waals surface area contributed by atoms with Crippen LogP contribution in [-0.4, -0.2) is 17.4 Å². The van der Waals surface area contributed by atoms with Gasteiger partial charge in [0.05, 0.1) is 17.2 Å². The Balaban J connectivity index is 2.20. The highest BCUT2D eigenvalue weighted by Gasteiger charge is 2.15. The van der Waals surface area contributed by atoms with Crippen molar-refractivity contribution in [3.63, 3.8) is 0 Å². The number of aromatic nitrogens is 1. The predicted molar refractivity (Wildman–Crippen MR) is 77.5 cm³/mol. The fraction of sp³-hybridized carbons (Fsp3) is 0.133. The normalized spacial score (nSPS) is 9.76. The van der Waals surface area contributed by atoms with E-state index in [1.807, 2.05) is 13.0 Å². The summed E-state index contributed by atoms with van der Waals surface area (Å²) in [6.45, 7) is 2.31. The molecule has 1 aromatic heterocycles. The van der Waals surface area contributed by atoms with Crippen molar-refractivity contribution < 1.29 is 9.18 Å². The van der Waals surface area contributed by atoms with Crippen molar-refractivity contribution in [3.8, 4) is 6.07 Å². The zero-order valence-corrected chi connectivity index (χ0v) is 11.4. The first-order chi connectivity index (χ1) is 10.2. The Kier molecular flexibility index (Phi) is 4.46. The number of carbonyl (C=O) groups is 1. The van der Waals surface area contributed by atoms with Crippen LogP contribution in [0.4, 0.5) is 15.9 Å². The molecule has 0 bridgehead atoms. The number of pyridine rings is 1. The summed E-state index contributed by atoms with van der Waals surface area (Å²) in [5, 5.41) is 14.0. The number of nitrogens with one attached hydrogen (secondary N) is 2. The van der Waals surface area contributed by atoms with E-state index < -0.39 is 11.7 Å². The minimum atomic E-state index is -0.689. The van der Waals surface area contributed by atoms with Crippen molar-refractivity contribution >= 4 is 17.4 Å². The molecule has 0 radical (unpaired) electrons. The molecule has 1 aromatic carbocycles. The molecule has 5 nitrogen and oxygen atoms in total. The summed E-state index contributed by atoms with van der Waals surface area (Å²) < 4.78 is 14.1. The summed E-state index contributed by atoms with van der Waals surface area (Å²) in [6, 6.07) is 9.61. The number of nitriles is 1. The number of benzene rings is 1. The van der Waals surface area contributed by atoms with Crippen LogP contribution in [0.15, 0.2) is 36.5 Å². The van der Waals surface area contributed by atoms with Crippen LogP contribution in [0.25, 0.3) is 0 Å². The second-order valence-corrected chi connectivity index (χ2v) is 4.19. The fourth-order valence-corrected chi connectivity index (χ4v) is 1.74. The van der Waals surface area contributed by atoms with Crippen molar-refractivity contribution in [2.24, 2.45) is 0 Å². The molecule has 1 heterocycles. The molecule has 6 heteroatoms. The van der Waals surface area contributed by atoms with Gasteiger partial charge < -0.3 is 10.6 Å². The van der Waals surface area contributed by atoms with Gasteiger partial charge in [0.1, 0.15) is 0 Å². The lowest BCUT2D eigenvalue weighted by Crippen LogP contribution is -2.15. The first-order valence-electron chi connectivity index (χ1n) is 6.35. The maximum Gasteiger partial charge on any atom is 0.258 e. The van der Waals surface area contributed by atoms with Crippen LogP contribution >= 0.6 is 0 Å². The number of amides is 1. The predicted octanol–water partition coefficient (Wildman–Crippen LogP) is 2.78. The van der Waals surface area contributed by atoms with Crippen LogP contribution in [0.3, 0.4) is 0 Å². The first-order valence-corrected chi connectivity index (χ1v) is 6.35. The van der Waals surface area contributed by atoms with Crippen LogP contribution in [0.1, 0.15) is 22.8 Å². The van der Waals surface area contributed by atoms with Gasteiger partial charge in [0, 0.05) is 18.4 Å². The lowest BCUT2D eigenvalue weighted by Gasteiger charge is -2.09. The molecular weight excluding hydrogens is 271 g/mol. The number of carbonyl (C=O) groups excluding carboxylic acids is 1. The van der Waals surface area contributed by atoms with E-state index in [1.165, 1.54) is 12.3 Å². The number of hydrogen-bond donors (Lipinski definition) is 2. The van der Waals surface area contributed by atoms with E-state index in [2.05, 4.69) is 15.6 Å². The molecule has 106 valence electrons. The van der Waals surface area contributed by atoms with Crippen LogP contribution in [-0.2, 0) is 0 Å². The standard InChI is InChI=1S/C15H13FN4O/c1-2-18-14-13(16)12(7-8-19-14)15(21)20-11-5-3-10(9-17)4-6-11/h3-8H,2H2,1H3,(H,18,19)(H,20,21). The Morgan fingerprint density at radius 2 is 2.05 bits per heavy atom. The van der Waals surface area contributed by atoms with Gasteiger partial charge in [0.15, 0.2) is 11.6 Å². The summed E-state index contributed by atoms with van der Waals surface area (Å²) in [5.41, 5.74) is 0.878. The Morgan fingerprint density at radius 3 is 2.67 bits per heavy atom. The second kappa shape index (κ2) is 6.48. The molecule has 0 saturated heterocycles. The third-order valence-electron chi connectivity index (χ3n) is 2.75. The molecule has 0 aliphatic carbocycles. The molecule has 2 N–H and O–H groups in total. The molecular formula is C15H13FN4O. The van der Waals surface area contributed by atoms with Crippen LogP contribution in [0.5, 0.6) is 0 Å². The first kappa shape index (κ1) is 14.5. The van der Waals surface area contributed by atoms with Gasteiger partial charge in [0.2, 0.25) is 0 Å². The van der Waals surface area contributed by atoms with Crippen molar-refractivity contribution in [3.05, 3.63) is 53.5 Å². The molecule has 2 rings (SSSR count). The molecule has 0 spiro atoms. The summed E-state index contributed by atoms with van der Waals surface area (Å²) >= 11 is 0. The highest BCUT2D eigenvalue weighted by molar-refractivity contribution is 6.04. The quantitative estimate of drug-likeness (QED) is 0.905. The monoisotopic (exact) mass is 284 g/mol. The Morgan fingerprint density at radius 1 is 1.33 bits per heavy atom. The number of nitrogens with zero attached hydrogens (tertiary/aromatic N) is 2. The zero-order valence-electron chi connectivity index (χ0n) is 11.4. The van der Waals surface area contributed by atoms with Crippen molar-refractivity contribution in [2.45, 2.75) is 6.92 Å². The number of anilines is 2. The third kappa shape index (κ3) is 3.34. The highest BCUT2D eigenvalue weighted by Crippen LogP contribution is 2.17. The van der Waals surface area contributed by atoms with Gasteiger partial charge in [0.25, 0.3) is 5.91 Å². The van der Waals surface area contributed by atoms with E-state index >= 15 is 0 Å². The Bertz CT molecular complexity index is 692. The van der Waals surface area contributed by atoms with Crippen molar-refractivity contribution in [2.75, 3.05) is 17.2 Å². The number of halogens is 1. The topological polar surface area (TPSA) is 77.8 Å².